The van der Waals surface area contributed by atoms with E-state index in [9.17, 15) is 4.79 Å². The van der Waals surface area contributed by atoms with Crippen LogP contribution in [0.3, 0.4) is 0 Å². The smallest absolute Gasteiger partial charge is 0.315 e. The van der Waals surface area contributed by atoms with Crippen LogP contribution in [0.1, 0.15) is 38.3 Å². The predicted molar refractivity (Wildman–Crippen MR) is 53.0 cm³/mol. The van der Waals surface area contributed by atoms with Crippen LogP contribution < -0.4 is 5.73 Å². The number of hydrogen-bond donors (Lipinski definition) is 1. The van der Waals surface area contributed by atoms with Crippen molar-refractivity contribution in [2.24, 2.45) is 0 Å². The van der Waals surface area contributed by atoms with E-state index in [4.69, 9.17) is 10.5 Å². The standard InChI is InChI=1S/C9H15N3O3/c1-3-4-5-14-9(13)6(2)7-8(10)12-15-11-7/h6H,3-5H2,1-2H3,(H2,10,12). The Morgan fingerprint density at radius 1 is 1.60 bits per heavy atom. The second-order valence-corrected chi connectivity index (χ2v) is 3.28. The molecule has 1 unspecified atom stereocenters. The zero-order valence-electron chi connectivity index (χ0n) is 8.90. The molecule has 0 aliphatic heterocycles. The predicted octanol–water partition coefficient (Wildman–Crippen LogP) is 1.10. The number of aromatic nitrogens is 2. The minimum Gasteiger partial charge on any atom is -0.465 e. The molecule has 0 amide bonds. The molecule has 84 valence electrons. The average Bonchev–Trinajstić information content (AvgIpc) is 2.63. The molecule has 0 aromatic carbocycles. The van der Waals surface area contributed by atoms with E-state index < -0.39 is 5.92 Å². The molecule has 1 aromatic heterocycles. The molecule has 6 heteroatoms. The number of esters is 1. The van der Waals surface area contributed by atoms with Crippen LogP contribution in [0.4, 0.5) is 5.82 Å². The highest BCUT2D eigenvalue weighted by molar-refractivity contribution is 5.78. The second kappa shape index (κ2) is 5.33. The maximum absolute atomic E-state index is 11.5. The quantitative estimate of drug-likeness (QED) is 0.581. The Hall–Kier alpha value is -1.59. The van der Waals surface area contributed by atoms with Crippen LogP contribution in [-0.2, 0) is 9.53 Å². The first-order valence-electron chi connectivity index (χ1n) is 4.91. The number of rotatable bonds is 5. The number of nitrogens with zero attached hydrogens (tertiary/aromatic N) is 2. The second-order valence-electron chi connectivity index (χ2n) is 3.28. The SMILES string of the molecule is CCCCOC(=O)C(C)c1nonc1N. The third-order valence-corrected chi connectivity index (χ3v) is 2.05. The summed E-state index contributed by atoms with van der Waals surface area (Å²) in [5, 5.41) is 6.95. The van der Waals surface area contributed by atoms with E-state index >= 15 is 0 Å². The summed E-state index contributed by atoms with van der Waals surface area (Å²) in [5.41, 5.74) is 5.79. The van der Waals surface area contributed by atoms with Gasteiger partial charge in [-0.15, -0.1) is 0 Å². The lowest BCUT2D eigenvalue weighted by atomic mass is 10.1. The Kier molecular flexibility index (Phi) is 4.08. The van der Waals surface area contributed by atoms with Crippen LogP contribution in [0, 0.1) is 0 Å². The number of unbranched alkanes of at least 4 members (excludes halogenated alkanes) is 1. The van der Waals surface area contributed by atoms with Crippen molar-refractivity contribution in [3.8, 4) is 0 Å². The van der Waals surface area contributed by atoms with Crippen molar-refractivity contribution in [3.05, 3.63) is 5.69 Å². The van der Waals surface area contributed by atoms with Gasteiger partial charge in [0.05, 0.1) is 6.61 Å². The number of nitrogens with two attached hydrogens (primary N) is 1. The lowest BCUT2D eigenvalue weighted by Gasteiger charge is -2.08. The molecule has 0 aliphatic rings. The van der Waals surface area contributed by atoms with Gasteiger partial charge in [-0.2, -0.15) is 0 Å². The molecule has 1 aromatic rings. The van der Waals surface area contributed by atoms with Gasteiger partial charge in [0.1, 0.15) is 11.6 Å². The maximum atomic E-state index is 11.5. The molecular weight excluding hydrogens is 198 g/mol. The molecule has 0 saturated heterocycles. The van der Waals surface area contributed by atoms with Crippen molar-refractivity contribution >= 4 is 11.8 Å². The first-order valence-corrected chi connectivity index (χ1v) is 4.91. The van der Waals surface area contributed by atoms with Gasteiger partial charge in [0, 0.05) is 0 Å². The molecule has 1 heterocycles. The lowest BCUT2D eigenvalue weighted by Crippen LogP contribution is -2.15. The van der Waals surface area contributed by atoms with Crippen LogP contribution in [-0.4, -0.2) is 22.9 Å². The van der Waals surface area contributed by atoms with Gasteiger partial charge in [0.2, 0.25) is 0 Å². The normalized spacial score (nSPS) is 12.4. The molecule has 6 nitrogen and oxygen atoms in total. The fourth-order valence-corrected chi connectivity index (χ4v) is 1.06. The number of hydrogen-bond acceptors (Lipinski definition) is 6. The van der Waals surface area contributed by atoms with E-state index in [-0.39, 0.29) is 11.8 Å². The van der Waals surface area contributed by atoms with Crippen LogP contribution in [0.2, 0.25) is 0 Å². The molecule has 0 aliphatic carbocycles. The average molecular weight is 213 g/mol. The van der Waals surface area contributed by atoms with Crippen molar-refractivity contribution in [2.45, 2.75) is 32.6 Å². The Bertz CT molecular complexity index is 324. The van der Waals surface area contributed by atoms with Crippen LogP contribution in [0.15, 0.2) is 4.63 Å². The highest BCUT2D eigenvalue weighted by Gasteiger charge is 2.23. The number of nitrogen functional groups attached to an aromatic ring is 1. The summed E-state index contributed by atoms with van der Waals surface area (Å²) in [6, 6.07) is 0. The summed E-state index contributed by atoms with van der Waals surface area (Å²) in [6.07, 6.45) is 1.83. The molecule has 1 atom stereocenters. The molecule has 0 radical (unpaired) electrons. The highest BCUT2D eigenvalue weighted by atomic mass is 16.6. The summed E-state index contributed by atoms with van der Waals surface area (Å²) >= 11 is 0. The molecule has 0 spiro atoms. The van der Waals surface area contributed by atoms with Gasteiger partial charge >= 0.3 is 5.97 Å². The molecule has 0 fully saturated rings. The van der Waals surface area contributed by atoms with Gasteiger partial charge in [-0.1, -0.05) is 18.5 Å². The van der Waals surface area contributed by atoms with Crippen LogP contribution in [0.25, 0.3) is 0 Å². The number of carbonyl (C=O) groups is 1. The first-order chi connectivity index (χ1) is 7.16. The largest absolute Gasteiger partial charge is 0.465 e. The Labute approximate surface area is 87.7 Å². The minimum absolute atomic E-state index is 0.134. The van der Waals surface area contributed by atoms with Gasteiger partial charge in [-0.25, -0.2) is 4.63 Å². The van der Waals surface area contributed by atoms with E-state index in [1.807, 2.05) is 6.92 Å². The zero-order valence-corrected chi connectivity index (χ0v) is 8.90. The molecule has 0 bridgehead atoms. The number of anilines is 1. The van der Waals surface area contributed by atoms with Gasteiger partial charge in [0.15, 0.2) is 5.82 Å². The summed E-state index contributed by atoms with van der Waals surface area (Å²) in [4.78, 5) is 11.5. The fourth-order valence-electron chi connectivity index (χ4n) is 1.06. The van der Waals surface area contributed by atoms with Gasteiger partial charge < -0.3 is 10.5 Å². The third-order valence-electron chi connectivity index (χ3n) is 2.05. The van der Waals surface area contributed by atoms with Gasteiger partial charge in [0.25, 0.3) is 0 Å². The monoisotopic (exact) mass is 213 g/mol. The van der Waals surface area contributed by atoms with Crippen LogP contribution in [0.5, 0.6) is 0 Å². The van der Waals surface area contributed by atoms with E-state index in [1.165, 1.54) is 0 Å². The van der Waals surface area contributed by atoms with Gasteiger partial charge in [-0.3, -0.25) is 4.79 Å². The van der Waals surface area contributed by atoms with E-state index in [0.29, 0.717) is 12.3 Å². The van der Waals surface area contributed by atoms with E-state index in [1.54, 1.807) is 6.92 Å². The molecular formula is C9H15N3O3. The zero-order chi connectivity index (χ0) is 11.3. The lowest BCUT2D eigenvalue weighted by molar-refractivity contribution is -0.145. The third kappa shape index (κ3) is 2.93. The Morgan fingerprint density at radius 3 is 2.87 bits per heavy atom. The first kappa shape index (κ1) is 11.5. The van der Waals surface area contributed by atoms with Crippen molar-refractivity contribution < 1.29 is 14.2 Å². The summed E-state index contributed by atoms with van der Waals surface area (Å²) in [5.74, 6) is -0.756. The van der Waals surface area contributed by atoms with E-state index in [2.05, 4.69) is 14.9 Å². The number of ether oxygens (including phenoxy) is 1. The van der Waals surface area contributed by atoms with Crippen molar-refractivity contribution in [3.63, 3.8) is 0 Å². The van der Waals surface area contributed by atoms with Crippen LogP contribution >= 0.6 is 0 Å². The molecule has 1 rings (SSSR count). The fraction of sp³-hybridized carbons (Fsp3) is 0.667. The van der Waals surface area contributed by atoms with Crippen molar-refractivity contribution in [1.29, 1.82) is 0 Å². The summed E-state index contributed by atoms with van der Waals surface area (Å²) in [7, 11) is 0. The molecule has 2 N–H and O–H groups in total. The summed E-state index contributed by atoms with van der Waals surface area (Å²) < 4.78 is 9.43. The van der Waals surface area contributed by atoms with Crippen molar-refractivity contribution in [1.82, 2.24) is 10.3 Å². The Morgan fingerprint density at radius 2 is 2.33 bits per heavy atom. The maximum Gasteiger partial charge on any atom is 0.315 e. The minimum atomic E-state index is -0.534. The number of carbonyl (C=O) groups excluding carboxylic acids is 1. The Balaban J connectivity index is 2.50. The highest BCUT2D eigenvalue weighted by Crippen LogP contribution is 2.19. The topological polar surface area (TPSA) is 91.2 Å². The van der Waals surface area contributed by atoms with Crippen molar-refractivity contribution in [2.75, 3.05) is 12.3 Å². The van der Waals surface area contributed by atoms with Gasteiger partial charge in [-0.05, 0) is 18.5 Å². The summed E-state index contributed by atoms with van der Waals surface area (Å²) in [6.45, 7) is 4.10. The molecule has 15 heavy (non-hydrogen) atoms. The van der Waals surface area contributed by atoms with E-state index in [0.717, 1.165) is 12.8 Å². The molecule has 0 saturated carbocycles.